The second kappa shape index (κ2) is 4.59. The van der Waals surface area contributed by atoms with Crippen LogP contribution in [0.1, 0.15) is 10.4 Å². The van der Waals surface area contributed by atoms with E-state index in [0.29, 0.717) is 5.02 Å². The summed E-state index contributed by atoms with van der Waals surface area (Å²) in [6, 6.07) is 4.73. The summed E-state index contributed by atoms with van der Waals surface area (Å²) in [7, 11) is 0. The molecule has 1 amide bonds. The fraction of sp³-hybridized carbons (Fsp3) is 0. The van der Waals surface area contributed by atoms with E-state index < -0.39 is 5.91 Å². The monoisotopic (exact) mass is 248 g/mol. The maximum atomic E-state index is 11.4. The van der Waals surface area contributed by atoms with Crippen LogP contribution < -0.4 is 11.1 Å². The van der Waals surface area contributed by atoms with Gasteiger partial charge in [-0.1, -0.05) is 29.3 Å². The average molecular weight is 249 g/mol. The van der Waals surface area contributed by atoms with E-state index in [1.54, 1.807) is 12.1 Å². The smallest absolute Gasteiger partial charge is 0.258 e. The molecule has 0 saturated heterocycles. The van der Waals surface area contributed by atoms with Crippen molar-refractivity contribution in [3.8, 4) is 0 Å². The molecule has 1 aromatic carbocycles. The lowest BCUT2D eigenvalue weighted by atomic mass is 10.2. The third kappa shape index (κ3) is 2.57. The summed E-state index contributed by atoms with van der Waals surface area (Å²) < 4.78 is 0. The molecule has 3 N–H and O–H groups in total. The average Bonchev–Trinajstić information content (AvgIpc) is 2.08. The summed E-state index contributed by atoms with van der Waals surface area (Å²) in [6.45, 7) is 0. The maximum absolute atomic E-state index is 11.4. The number of hydrogen-bond acceptors (Lipinski definition) is 2. The zero-order valence-corrected chi connectivity index (χ0v) is 9.21. The molecule has 14 heavy (non-hydrogen) atoms. The van der Waals surface area contributed by atoms with Crippen LogP contribution in [-0.4, -0.2) is 11.0 Å². The Hall–Kier alpha value is -0.840. The van der Waals surface area contributed by atoms with Crippen LogP contribution in [0.25, 0.3) is 0 Å². The lowest BCUT2D eigenvalue weighted by molar-refractivity contribution is 0.0977. The third-order valence-electron chi connectivity index (χ3n) is 1.43. The highest BCUT2D eigenvalue weighted by atomic mass is 35.5. The zero-order chi connectivity index (χ0) is 10.7. The van der Waals surface area contributed by atoms with Crippen LogP contribution in [0.5, 0.6) is 0 Å². The quantitative estimate of drug-likeness (QED) is 0.748. The van der Waals surface area contributed by atoms with Crippen molar-refractivity contribution in [2.45, 2.75) is 0 Å². The van der Waals surface area contributed by atoms with Crippen molar-refractivity contribution in [1.82, 2.24) is 5.32 Å². The molecule has 0 aliphatic carbocycles. The van der Waals surface area contributed by atoms with E-state index >= 15 is 0 Å². The van der Waals surface area contributed by atoms with Gasteiger partial charge in [-0.2, -0.15) is 0 Å². The first-order valence-corrected chi connectivity index (χ1v) is 4.73. The summed E-state index contributed by atoms with van der Waals surface area (Å²) in [4.78, 5) is 11.4. The van der Waals surface area contributed by atoms with Gasteiger partial charge < -0.3 is 5.73 Å². The summed E-state index contributed by atoms with van der Waals surface area (Å²) in [6.07, 6.45) is 0. The number of thiocarbonyl (C=S) groups is 1. The zero-order valence-electron chi connectivity index (χ0n) is 6.88. The molecule has 74 valence electrons. The molecule has 0 unspecified atom stereocenters. The lowest BCUT2D eigenvalue weighted by Crippen LogP contribution is -2.34. The van der Waals surface area contributed by atoms with E-state index in [1.165, 1.54) is 6.07 Å². The van der Waals surface area contributed by atoms with Crippen molar-refractivity contribution in [2.75, 3.05) is 0 Å². The standard InChI is InChI=1S/C8H6Cl2N2OS/c9-5-3-1-2-4(6(5)10)7(13)12-8(11)14/h1-3H,(H3,11,12,13,14). The van der Waals surface area contributed by atoms with Gasteiger partial charge in [-0.3, -0.25) is 10.1 Å². The van der Waals surface area contributed by atoms with E-state index in [-0.39, 0.29) is 15.7 Å². The topological polar surface area (TPSA) is 55.1 Å². The van der Waals surface area contributed by atoms with E-state index in [0.717, 1.165) is 0 Å². The molecule has 0 radical (unpaired) electrons. The Kier molecular flexibility index (Phi) is 3.69. The van der Waals surface area contributed by atoms with Crippen molar-refractivity contribution >= 4 is 46.4 Å². The summed E-state index contributed by atoms with van der Waals surface area (Å²) >= 11 is 16.0. The highest BCUT2D eigenvalue weighted by Gasteiger charge is 2.12. The molecule has 0 aromatic heterocycles. The fourth-order valence-electron chi connectivity index (χ4n) is 0.858. The van der Waals surface area contributed by atoms with Gasteiger partial charge in [0.05, 0.1) is 15.6 Å². The summed E-state index contributed by atoms with van der Waals surface area (Å²) in [5.74, 6) is -0.468. The SMILES string of the molecule is NC(=S)NC(=O)c1cccc(Cl)c1Cl. The molecular formula is C8H6Cl2N2OS. The van der Waals surface area contributed by atoms with E-state index in [4.69, 9.17) is 28.9 Å². The number of nitrogens with one attached hydrogen (secondary N) is 1. The van der Waals surface area contributed by atoms with E-state index in [9.17, 15) is 4.79 Å². The minimum Gasteiger partial charge on any atom is -0.376 e. The molecule has 0 fully saturated rings. The number of carbonyl (C=O) groups excluding carboxylic acids is 1. The molecule has 0 bridgehead atoms. The van der Waals surface area contributed by atoms with Gasteiger partial charge in [-0.15, -0.1) is 0 Å². The van der Waals surface area contributed by atoms with Crippen molar-refractivity contribution in [3.05, 3.63) is 33.8 Å². The fourth-order valence-corrected chi connectivity index (χ4v) is 1.34. The number of carbonyl (C=O) groups is 1. The molecule has 1 aromatic rings. The molecule has 1 rings (SSSR count). The van der Waals surface area contributed by atoms with Crippen LogP contribution in [0, 0.1) is 0 Å². The van der Waals surface area contributed by atoms with Crippen LogP contribution >= 0.6 is 35.4 Å². The van der Waals surface area contributed by atoms with Crippen LogP contribution in [-0.2, 0) is 0 Å². The van der Waals surface area contributed by atoms with Crippen LogP contribution in [0.3, 0.4) is 0 Å². The molecule has 0 spiro atoms. The molecule has 6 heteroatoms. The van der Waals surface area contributed by atoms with Crippen molar-refractivity contribution in [2.24, 2.45) is 5.73 Å². The lowest BCUT2D eigenvalue weighted by Gasteiger charge is -2.05. The molecule has 3 nitrogen and oxygen atoms in total. The first-order valence-electron chi connectivity index (χ1n) is 3.57. The largest absolute Gasteiger partial charge is 0.376 e. The minimum atomic E-state index is -0.468. The molecule has 0 aliphatic rings. The summed E-state index contributed by atoms with van der Waals surface area (Å²) in [5.41, 5.74) is 5.38. The number of nitrogens with two attached hydrogens (primary N) is 1. The molecule has 0 atom stereocenters. The normalized spacial score (nSPS) is 9.57. The predicted octanol–water partition coefficient (Wildman–Crippen LogP) is 1.97. The first-order chi connectivity index (χ1) is 6.52. The van der Waals surface area contributed by atoms with Gasteiger partial charge in [-0.25, -0.2) is 0 Å². The highest BCUT2D eigenvalue weighted by molar-refractivity contribution is 7.80. The Bertz CT molecular complexity index is 395. The number of hydrogen-bond donors (Lipinski definition) is 2. The number of rotatable bonds is 1. The van der Waals surface area contributed by atoms with Gasteiger partial charge in [0.15, 0.2) is 5.11 Å². The highest BCUT2D eigenvalue weighted by Crippen LogP contribution is 2.25. The number of halogens is 2. The Labute approximate surface area is 96.2 Å². The summed E-state index contributed by atoms with van der Waals surface area (Å²) in [5, 5.41) is 2.64. The van der Waals surface area contributed by atoms with E-state index in [2.05, 4.69) is 17.5 Å². The van der Waals surface area contributed by atoms with Gasteiger partial charge in [0.2, 0.25) is 0 Å². The molecule has 0 aliphatic heterocycles. The Morgan fingerprint density at radius 1 is 1.43 bits per heavy atom. The Morgan fingerprint density at radius 2 is 2.07 bits per heavy atom. The molecule has 0 heterocycles. The maximum Gasteiger partial charge on any atom is 0.258 e. The van der Waals surface area contributed by atoms with E-state index in [1.807, 2.05) is 0 Å². The minimum absolute atomic E-state index is 0.106. The van der Waals surface area contributed by atoms with Gasteiger partial charge in [0.25, 0.3) is 5.91 Å². The third-order valence-corrected chi connectivity index (χ3v) is 2.35. The van der Waals surface area contributed by atoms with Gasteiger partial charge in [0.1, 0.15) is 0 Å². The number of benzene rings is 1. The van der Waals surface area contributed by atoms with Crippen LogP contribution in [0.2, 0.25) is 10.0 Å². The Morgan fingerprint density at radius 3 is 2.64 bits per heavy atom. The predicted molar refractivity (Wildman–Crippen MR) is 60.7 cm³/mol. The van der Waals surface area contributed by atoms with Gasteiger partial charge in [-0.05, 0) is 24.4 Å². The molecular weight excluding hydrogens is 243 g/mol. The van der Waals surface area contributed by atoms with Crippen molar-refractivity contribution in [1.29, 1.82) is 0 Å². The van der Waals surface area contributed by atoms with Gasteiger partial charge in [0, 0.05) is 0 Å². The van der Waals surface area contributed by atoms with Crippen LogP contribution in [0.4, 0.5) is 0 Å². The Balaban J connectivity index is 3.01. The number of amides is 1. The van der Waals surface area contributed by atoms with Crippen molar-refractivity contribution < 1.29 is 4.79 Å². The molecule has 0 saturated carbocycles. The van der Waals surface area contributed by atoms with Crippen LogP contribution in [0.15, 0.2) is 18.2 Å². The first kappa shape index (κ1) is 11.2. The van der Waals surface area contributed by atoms with Crippen molar-refractivity contribution in [3.63, 3.8) is 0 Å². The van der Waals surface area contributed by atoms with Gasteiger partial charge >= 0.3 is 0 Å². The second-order valence-corrected chi connectivity index (χ2v) is 3.64. The second-order valence-electron chi connectivity index (χ2n) is 2.42.